The molecule has 0 radical (unpaired) electrons. The van der Waals surface area contributed by atoms with Crippen LogP contribution in [0.4, 0.5) is 0 Å². The Bertz CT molecular complexity index is 361. The monoisotopic (exact) mass is 240 g/mol. The molecule has 0 N–H and O–H groups in total. The Morgan fingerprint density at radius 1 is 1.35 bits per heavy atom. The number of rotatable bonds is 0. The first-order chi connectivity index (χ1) is 7.78. The van der Waals surface area contributed by atoms with Gasteiger partial charge in [0.1, 0.15) is 0 Å². The second-order valence-corrected chi connectivity index (χ2v) is 6.03. The van der Waals surface area contributed by atoms with Crippen molar-refractivity contribution in [3.8, 4) is 0 Å². The summed E-state index contributed by atoms with van der Waals surface area (Å²) in [7, 11) is 0. The Labute approximate surface area is 102 Å². The van der Waals surface area contributed by atoms with E-state index in [0.29, 0.717) is 6.54 Å². The summed E-state index contributed by atoms with van der Waals surface area (Å²) in [6, 6.07) is 0. The third-order valence-electron chi connectivity index (χ3n) is 3.54. The minimum absolute atomic E-state index is 0.0333. The smallest absolute Gasteiger partial charge is 0.341 e. The third kappa shape index (κ3) is 1.76. The van der Waals surface area contributed by atoms with Gasteiger partial charge in [0, 0.05) is 11.3 Å². The van der Waals surface area contributed by atoms with Crippen LogP contribution < -0.4 is 0 Å². The number of azo groups is 1. The molecule has 0 saturated carbocycles. The summed E-state index contributed by atoms with van der Waals surface area (Å²) in [6.07, 6.45) is -0.812. The highest BCUT2D eigenvalue weighted by Crippen LogP contribution is 2.41. The first-order valence-corrected chi connectivity index (χ1v) is 6.03. The van der Waals surface area contributed by atoms with Crippen LogP contribution in [0.5, 0.6) is 0 Å². The second kappa shape index (κ2) is 3.77. The van der Waals surface area contributed by atoms with Crippen LogP contribution in [0.3, 0.4) is 0 Å². The summed E-state index contributed by atoms with van der Waals surface area (Å²) in [5.74, 6) is -0.268. The maximum atomic E-state index is 12.2. The molecule has 2 heterocycles. The van der Waals surface area contributed by atoms with Gasteiger partial charge in [-0.25, -0.2) is 4.79 Å². The van der Waals surface area contributed by atoms with Crippen molar-refractivity contribution >= 4 is 5.97 Å². The van der Waals surface area contributed by atoms with Gasteiger partial charge in [-0.1, -0.05) is 27.7 Å². The zero-order chi connectivity index (χ0) is 12.8. The predicted octanol–water partition coefficient (Wildman–Crippen LogP) is 2.16. The van der Waals surface area contributed by atoms with E-state index in [1.165, 1.54) is 0 Å². The van der Waals surface area contributed by atoms with Gasteiger partial charge >= 0.3 is 5.97 Å². The van der Waals surface area contributed by atoms with Crippen LogP contribution in [0.1, 0.15) is 34.6 Å². The molecule has 2 aliphatic heterocycles. The van der Waals surface area contributed by atoms with Crippen molar-refractivity contribution in [3.05, 3.63) is 0 Å². The number of nitrogens with zero attached hydrogens (tertiary/aromatic N) is 2. The van der Waals surface area contributed by atoms with Gasteiger partial charge in [0.25, 0.3) is 0 Å². The molecule has 0 aromatic carbocycles. The number of carbonyl (C=O) groups is 1. The molecule has 17 heavy (non-hydrogen) atoms. The number of hydrogen-bond donors (Lipinski definition) is 0. The van der Waals surface area contributed by atoms with E-state index >= 15 is 0 Å². The van der Waals surface area contributed by atoms with E-state index in [-0.39, 0.29) is 23.4 Å². The lowest BCUT2D eigenvalue weighted by Crippen LogP contribution is -2.60. The van der Waals surface area contributed by atoms with Crippen molar-refractivity contribution in [3.63, 3.8) is 0 Å². The first-order valence-electron chi connectivity index (χ1n) is 6.03. The quantitative estimate of drug-likeness (QED) is 0.609. The van der Waals surface area contributed by atoms with Crippen molar-refractivity contribution < 1.29 is 14.3 Å². The fraction of sp³-hybridized carbons (Fsp3) is 0.917. The zero-order valence-corrected chi connectivity index (χ0v) is 11.1. The normalized spacial score (nSPS) is 41.9. The van der Waals surface area contributed by atoms with Crippen LogP contribution in [0.15, 0.2) is 10.2 Å². The third-order valence-corrected chi connectivity index (χ3v) is 3.54. The van der Waals surface area contributed by atoms with Gasteiger partial charge in [-0.15, -0.1) is 0 Å². The fourth-order valence-corrected chi connectivity index (χ4v) is 2.30. The van der Waals surface area contributed by atoms with Gasteiger partial charge in [0.2, 0.25) is 11.8 Å². The van der Waals surface area contributed by atoms with Gasteiger partial charge in [0.05, 0.1) is 12.6 Å². The number of esters is 1. The molecule has 4 atom stereocenters. The number of cyclic esters (lactones) is 1. The lowest BCUT2D eigenvalue weighted by molar-refractivity contribution is -0.260. The Morgan fingerprint density at radius 2 is 2.00 bits per heavy atom. The molecule has 0 aromatic rings. The van der Waals surface area contributed by atoms with Crippen molar-refractivity contribution in [2.24, 2.45) is 21.6 Å². The SMILES string of the molecule is C[C@@H]1CN=N[C@@]12C(=O)O[C@H](C(C)(C)C)O[C@@H]2C. The number of ether oxygens (including phenoxy) is 2. The molecule has 0 amide bonds. The average Bonchev–Trinajstić information content (AvgIpc) is 2.56. The van der Waals surface area contributed by atoms with Gasteiger partial charge in [-0.3, -0.25) is 0 Å². The fourth-order valence-electron chi connectivity index (χ4n) is 2.30. The molecule has 1 saturated heterocycles. The zero-order valence-electron chi connectivity index (χ0n) is 11.1. The minimum atomic E-state index is -0.929. The topological polar surface area (TPSA) is 60.2 Å². The lowest BCUT2D eigenvalue weighted by Gasteiger charge is -2.44. The van der Waals surface area contributed by atoms with Crippen LogP contribution in [-0.4, -0.2) is 30.4 Å². The highest BCUT2D eigenvalue weighted by molar-refractivity contribution is 5.83. The van der Waals surface area contributed by atoms with E-state index in [9.17, 15) is 4.79 Å². The summed E-state index contributed by atoms with van der Waals surface area (Å²) >= 11 is 0. The van der Waals surface area contributed by atoms with Crippen LogP contribution >= 0.6 is 0 Å². The van der Waals surface area contributed by atoms with E-state index in [1.807, 2.05) is 34.6 Å². The molecule has 1 fully saturated rings. The molecule has 2 aliphatic rings. The summed E-state index contributed by atoms with van der Waals surface area (Å²) in [6.45, 7) is 10.3. The van der Waals surface area contributed by atoms with Crippen LogP contribution in [0.2, 0.25) is 0 Å². The number of carbonyl (C=O) groups excluding carboxylic acids is 1. The molecule has 0 aliphatic carbocycles. The van der Waals surface area contributed by atoms with Crippen molar-refractivity contribution in [1.29, 1.82) is 0 Å². The Kier molecular flexibility index (Phi) is 2.77. The van der Waals surface area contributed by atoms with Crippen molar-refractivity contribution in [1.82, 2.24) is 0 Å². The van der Waals surface area contributed by atoms with Crippen LogP contribution in [0.25, 0.3) is 0 Å². The largest absolute Gasteiger partial charge is 0.433 e. The summed E-state index contributed by atoms with van der Waals surface area (Å²) < 4.78 is 11.2. The molecule has 0 unspecified atom stereocenters. The van der Waals surface area contributed by atoms with Crippen molar-refractivity contribution in [2.45, 2.75) is 52.6 Å². The van der Waals surface area contributed by atoms with Crippen molar-refractivity contribution in [2.75, 3.05) is 6.54 Å². The first kappa shape index (κ1) is 12.5. The van der Waals surface area contributed by atoms with Crippen LogP contribution in [-0.2, 0) is 14.3 Å². The molecular formula is C12H20N2O3. The minimum Gasteiger partial charge on any atom is -0.433 e. The molecular weight excluding hydrogens is 220 g/mol. The summed E-state index contributed by atoms with van der Waals surface area (Å²) in [5, 5.41) is 8.09. The predicted molar refractivity (Wildman–Crippen MR) is 61.5 cm³/mol. The van der Waals surface area contributed by atoms with Crippen LogP contribution in [0, 0.1) is 11.3 Å². The molecule has 5 nitrogen and oxygen atoms in total. The van der Waals surface area contributed by atoms with E-state index in [1.54, 1.807) is 0 Å². The maximum Gasteiger partial charge on any atom is 0.341 e. The average molecular weight is 240 g/mol. The molecule has 0 bridgehead atoms. The maximum absolute atomic E-state index is 12.2. The number of hydrogen-bond acceptors (Lipinski definition) is 5. The summed E-state index contributed by atoms with van der Waals surface area (Å²) in [4.78, 5) is 12.2. The molecule has 1 spiro atoms. The molecule has 2 rings (SSSR count). The van der Waals surface area contributed by atoms with Gasteiger partial charge < -0.3 is 9.47 Å². The van der Waals surface area contributed by atoms with Gasteiger partial charge in [-0.2, -0.15) is 10.2 Å². The standard InChI is InChI=1S/C12H20N2O3/c1-7-6-13-14-12(7)8(2)16-10(11(3,4)5)17-9(12)15/h7-8,10H,6H2,1-5H3/t7-,8-,10-,12+/m1/s1. The lowest BCUT2D eigenvalue weighted by atomic mass is 9.81. The van der Waals surface area contributed by atoms with E-state index in [4.69, 9.17) is 9.47 Å². The Balaban J connectivity index is 2.26. The molecule has 96 valence electrons. The molecule has 0 aromatic heterocycles. The second-order valence-electron chi connectivity index (χ2n) is 6.03. The highest BCUT2D eigenvalue weighted by Gasteiger charge is 2.58. The Hall–Kier alpha value is -0.970. The molecule has 5 heteroatoms. The Morgan fingerprint density at radius 3 is 2.41 bits per heavy atom. The van der Waals surface area contributed by atoms with Gasteiger partial charge in [-0.05, 0) is 6.92 Å². The van der Waals surface area contributed by atoms with E-state index in [0.717, 1.165) is 0 Å². The highest BCUT2D eigenvalue weighted by atomic mass is 16.7. The van der Waals surface area contributed by atoms with Gasteiger partial charge in [0.15, 0.2) is 0 Å². The van der Waals surface area contributed by atoms with E-state index in [2.05, 4.69) is 10.2 Å². The van der Waals surface area contributed by atoms with E-state index < -0.39 is 11.8 Å². The summed E-state index contributed by atoms with van der Waals surface area (Å²) in [5.41, 5.74) is -1.16.